The van der Waals surface area contributed by atoms with Crippen molar-refractivity contribution in [1.29, 1.82) is 0 Å². The highest BCUT2D eigenvalue weighted by Crippen LogP contribution is 2.28. The molecule has 1 saturated heterocycles. The van der Waals surface area contributed by atoms with Crippen molar-refractivity contribution in [2.24, 2.45) is 0 Å². The Labute approximate surface area is 132 Å². The molecule has 3 rings (SSSR count). The van der Waals surface area contributed by atoms with E-state index < -0.39 is 0 Å². The first kappa shape index (κ1) is 14.9. The number of imide groups is 1. The summed E-state index contributed by atoms with van der Waals surface area (Å²) in [6.45, 7) is 3.20. The average molecular weight is 318 g/mol. The van der Waals surface area contributed by atoms with Gasteiger partial charge in [0.25, 0.3) is 0 Å². The molecule has 2 aromatic rings. The molecule has 1 aromatic heterocycles. The molecule has 1 aliphatic rings. The van der Waals surface area contributed by atoms with E-state index in [0.717, 1.165) is 15.2 Å². The number of benzene rings is 1. The molecule has 116 valence electrons. The Bertz CT molecular complexity index is 681. The van der Waals surface area contributed by atoms with E-state index in [1.807, 2.05) is 43.1 Å². The van der Waals surface area contributed by atoms with Crippen molar-refractivity contribution >= 4 is 33.5 Å². The van der Waals surface area contributed by atoms with Crippen molar-refractivity contribution in [3.8, 4) is 0 Å². The molecule has 1 atom stereocenters. The maximum Gasteiger partial charge on any atom is 0.324 e. The van der Waals surface area contributed by atoms with E-state index in [2.05, 4.69) is 10.3 Å². The molecule has 1 fully saturated rings. The predicted octanol–water partition coefficient (Wildman–Crippen LogP) is 1.84. The van der Waals surface area contributed by atoms with E-state index in [1.54, 1.807) is 11.3 Å². The molecule has 1 aliphatic heterocycles. The van der Waals surface area contributed by atoms with Gasteiger partial charge in [0.15, 0.2) is 0 Å². The molecule has 7 heteroatoms. The molecule has 0 spiro atoms. The van der Waals surface area contributed by atoms with Gasteiger partial charge in [0.2, 0.25) is 5.91 Å². The minimum Gasteiger partial charge on any atom is -0.336 e. The molecule has 1 N–H and O–H groups in total. The van der Waals surface area contributed by atoms with Crippen LogP contribution in [0.3, 0.4) is 0 Å². The summed E-state index contributed by atoms with van der Waals surface area (Å²) in [5.41, 5.74) is 0.980. The standard InChI is InChI=1S/C15H18N4O2S/c1-10(14-17-11-5-3-4-6-12(11)22-14)18(2)9-13(20)19-8-7-16-15(19)21/h3-6,10H,7-9H2,1-2H3,(H,16,21). The van der Waals surface area contributed by atoms with Gasteiger partial charge < -0.3 is 5.32 Å². The summed E-state index contributed by atoms with van der Waals surface area (Å²) in [6.07, 6.45) is 0. The van der Waals surface area contributed by atoms with Crippen molar-refractivity contribution in [2.75, 3.05) is 26.7 Å². The van der Waals surface area contributed by atoms with Gasteiger partial charge in [-0.15, -0.1) is 11.3 Å². The van der Waals surface area contributed by atoms with Crippen LogP contribution in [0.15, 0.2) is 24.3 Å². The lowest BCUT2D eigenvalue weighted by atomic mass is 10.3. The van der Waals surface area contributed by atoms with Gasteiger partial charge in [-0.25, -0.2) is 9.78 Å². The molecule has 6 nitrogen and oxygen atoms in total. The van der Waals surface area contributed by atoms with Crippen LogP contribution < -0.4 is 5.32 Å². The molecule has 0 radical (unpaired) electrons. The third-order valence-corrected chi connectivity index (χ3v) is 5.08. The quantitative estimate of drug-likeness (QED) is 0.934. The number of thiazole rings is 1. The van der Waals surface area contributed by atoms with E-state index in [-0.39, 0.29) is 24.5 Å². The fraction of sp³-hybridized carbons (Fsp3) is 0.400. The molecule has 1 aromatic carbocycles. The van der Waals surface area contributed by atoms with Crippen LogP contribution in [0.25, 0.3) is 10.2 Å². The van der Waals surface area contributed by atoms with Crippen LogP contribution in [0.5, 0.6) is 0 Å². The number of nitrogens with one attached hydrogen (secondary N) is 1. The fourth-order valence-electron chi connectivity index (χ4n) is 2.40. The van der Waals surface area contributed by atoms with Crippen molar-refractivity contribution in [2.45, 2.75) is 13.0 Å². The summed E-state index contributed by atoms with van der Waals surface area (Å²) in [7, 11) is 1.88. The molecular weight excluding hydrogens is 300 g/mol. The van der Waals surface area contributed by atoms with Gasteiger partial charge in [0.1, 0.15) is 5.01 Å². The number of para-hydroxylation sites is 1. The Morgan fingerprint density at radius 2 is 2.27 bits per heavy atom. The van der Waals surface area contributed by atoms with Gasteiger partial charge in [-0.05, 0) is 26.1 Å². The Morgan fingerprint density at radius 3 is 2.95 bits per heavy atom. The van der Waals surface area contributed by atoms with Gasteiger partial charge in [0, 0.05) is 13.1 Å². The number of hydrogen-bond donors (Lipinski definition) is 1. The number of nitrogens with zero attached hydrogens (tertiary/aromatic N) is 3. The number of rotatable bonds is 4. The smallest absolute Gasteiger partial charge is 0.324 e. The number of hydrogen-bond acceptors (Lipinski definition) is 5. The second kappa shape index (κ2) is 6.02. The molecule has 1 unspecified atom stereocenters. The lowest BCUT2D eigenvalue weighted by Crippen LogP contribution is -2.41. The lowest BCUT2D eigenvalue weighted by Gasteiger charge is -2.24. The molecule has 0 aliphatic carbocycles. The van der Waals surface area contributed by atoms with Gasteiger partial charge in [-0.3, -0.25) is 14.6 Å². The van der Waals surface area contributed by atoms with Gasteiger partial charge in [-0.2, -0.15) is 0 Å². The highest BCUT2D eigenvalue weighted by atomic mass is 32.1. The first-order valence-electron chi connectivity index (χ1n) is 7.20. The first-order valence-corrected chi connectivity index (χ1v) is 8.02. The number of carbonyl (C=O) groups is 2. The summed E-state index contributed by atoms with van der Waals surface area (Å²) < 4.78 is 1.14. The third kappa shape index (κ3) is 2.82. The molecular formula is C15H18N4O2S. The van der Waals surface area contributed by atoms with Crippen molar-refractivity contribution < 1.29 is 9.59 Å². The van der Waals surface area contributed by atoms with Crippen LogP contribution in [0.1, 0.15) is 18.0 Å². The number of urea groups is 1. The van der Waals surface area contributed by atoms with Crippen LogP contribution in [-0.2, 0) is 4.79 Å². The van der Waals surface area contributed by atoms with E-state index in [1.165, 1.54) is 4.90 Å². The molecule has 0 bridgehead atoms. The van der Waals surface area contributed by atoms with Gasteiger partial charge >= 0.3 is 6.03 Å². The SMILES string of the molecule is CC(c1nc2ccccc2s1)N(C)CC(=O)N1CCNC1=O. The highest BCUT2D eigenvalue weighted by Gasteiger charge is 2.28. The molecule has 0 saturated carbocycles. The van der Waals surface area contributed by atoms with Crippen molar-refractivity contribution in [3.63, 3.8) is 0 Å². The van der Waals surface area contributed by atoms with E-state index in [9.17, 15) is 9.59 Å². The van der Waals surface area contributed by atoms with E-state index in [4.69, 9.17) is 0 Å². The largest absolute Gasteiger partial charge is 0.336 e. The zero-order valence-electron chi connectivity index (χ0n) is 12.6. The molecule has 22 heavy (non-hydrogen) atoms. The van der Waals surface area contributed by atoms with Crippen LogP contribution in [0, 0.1) is 0 Å². The molecule has 3 amide bonds. The van der Waals surface area contributed by atoms with Crippen molar-refractivity contribution in [1.82, 2.24) is 20.1 Å². The summed E-state index contributed by atoms with van der Waals surface area (Å²) >= 11 is 1.64. The minimum atomic E-state index is -0.300. The summed E-state index contributed by atoms with van der Waals surface area (Å²) in [5.74, 6) is -0.175. The Balaban J connectivity index is 1.69. The second-order valence-electron chi connectivity index (χ2n) is 5.39. The van der Waals surface area contributed by atoms with Crippen LogP contribution in [0.4, 0.5) is 4.79 Å². The third-order valence-electron chi connectivity index (χ3n) is 3.87. The second-order valence-corrected chi connectivity index (χ2v) is 6.45. The normalized spacial score (nSPS) is 16.3. The summed E-state index contributed by atoms with van der Waals surface area (Å²) in [5, 5.41) is 3.61. The highest BCUT2D eigenvalue weighted by molar-refractivity contribution is 7.18. The Hall–Kier alpha value is -1.99. The number of carbonyl (C=O) groups excluding carboxylic acids is 2. The number of fused-ring (bicyclic) bond motifs is 1. The maximum atomic E-state index is 12.2. The fourth-order valence-corrected chi connectivity index (χ4v) is 3.49. The first-order chi connectivity index (χ1) is 10.6. The topological polar surface area (TPSA) is 65.5 Å². The Kier molecular flexibility index (Phi) is 4.08. The van der Waals surface area contributed by atoms with Gasteiger partial charge in [-0.1, -0.05) is 12.1 Å². The zero-order valence-corrected chi connectivity index (χ0v) is 13.4. The Morgan fingerprint density at radius 1 is 1.50 bits per heavy atom. The van der Waals surface area contributed by atoms with Crippen LogP contribution in [0.2, 0.25) is 0 Å². The monoisotopic (exact) mass is 318 g/mol. The summed E-state index contributed by atoms with van der Waals surface area (Å²) in [4.78, 5) is 31.5. The average Bonchev–Trinajstić information content (AvgIpc) is 3.11. The summed E-state index contributed by atoms with van der Waals surface area (Å²) in [6, 6.07) is 7.72. The van der Waals surface area contributed by atoms with E-state index >= 15 is 0 Å². The number of likely N-dealkylation sites (N-methyl/N-ethyl adjacent to an activating group) is 1. The lowest BCUT2D eigenvalue weighted by molar-refractivity contribution is -0.128. The zero-order chi connectivity index (χ0) is 15.7. The number of aromatic nitrogens is 1. The number of amides is 3. The maximum absolute atomic E-state index is 12.2. The predicted molar refractivity (Wildman–Crippen MR) is 85.8 cm³/mol. The minimum absolute atomic E-state index is 0.0204. The van der Waals surface area contributed by atoms with Crippen molar-refractivity contribution in [3.05, 3.63) is 29.3 Å². The van der Waals surface area contributed by atoms with Crippen LogP contribution in [-0.4, -0.2) is 53.4 Å². The van der Waals surface area contributed by atoms with Crippen LogP contribution >= 0.6 is 11.3 Å². The van der Waals surface area contributed by atoms with Gasteiger partial charge in [0.05, 0.1) is 22.8 Å². The molecule has 2 heterocycles. The van der Waals surface area contributed by atoms with E-state index in [0.29, 0.717) is 13.1 Å².